The van der Waals surface area contributed by atoms with Gasteiger partial charge in [-0.2, -0.15) is 0 Å². The third-order valence-corrected chi connectivity index (χ3v) is 5.92. The van der Waals surface area contributed by atoms with Crippen molar-refractivity contribution in [2.24, 2.45) is 26.8 Å². The molecule has 0 fully saturated rings. The summed E-state index contributed by atoms with van der Waals surface area (Å²) in [6, 6.07) is 7.39. The Hall–Kier alpha value is -2.60. The number of nitrogens with zero attached hydrogens (tertiary/aromatic N) is 3. The summed E-state index contributed by atoms with van der Waals surface area (Å²) in [6.45, 7) is 3.55. The molecule has 7 heteroatoms. The first-order chi connectivity index (χ1) is 13.9. The fourth-order valence-electron chi connectivity index (χ4n) is 4.09. The minimum atomic E-state index is -0.864. The number of rotatable bonds is 5. The minimum Gasteiger partial charge on any atom is -0.496 e. The number of amidine groups is 1. The first-order valence-electron chi connectivity index (χ1n) is 9.64. The number of fused-ring (bicyclic) bond motifs is 2. The Morgan fingerprint density at radius 1 is 1.17 bits per heavy atom. The molecule has 0 bridgehead atoms. The van der Waals surface area contributed by atoms with E-state index < -0.39 is 17.4 Å². The van der Waals surface area contributed by atoms with Gasteiger partial charge in [-0.3, -0.25) is 14.6 Å². The molecule has 1 aromatic rings. The van der Waals surface area contributed by atoms with Crippen LogP contribution in [0.15, 0.2) is 50.5 Å². The molecule has 2 aliphatic heterocycles. The third kappa shape index (κ3) is 3.15. The number of hydrogen-bond acceptors (Lipinski definition) is 6. The lowest BCUT2D eigenvalue weighted by Gasteiger charge is -2.37. The quantitative estimate of drug-likeness (QED) is 0.696. The Balaban J connectivity index is 1.88. The van der Waals surface area contributed by atoms with Gasteiger partial charge in [0.2, 0.25) is 0 Å². The summed E-state index contributed by atoms with van der Waals surface area (Å²) in [5.74, 6) is 0.212. The topological polar surface area (TPSA) is 80.5 Å². The van der Waals surface area contributed by atoms with Gasteiger partial charge in [0.25, 0.3) is 0 Å². The van der Waals surface area contributed by atoms with Gasteiger partial charge in [-0.15, -0.1) is 11.6 Å². The van der Waals surface area contributed by atoms with E-state index in [4.69, 9.17) is 16.3 Å². The highest BCUT2D eigenvalue weighted by molar-refractivity contribution is 6.52. The highest BCUT2D eigenvalue weighted by Crippen LogP contribution is 2.42. The standard InChI is InChI=1S/C22H22ClN3O3/c1-22(2)20(28)16-13(8-6-10-23)19(27)18-17(14(16)11-24-22)25-21(26-18)12-7-4-5-9-15(12)29-3/h4-5,7,9,11,13,16H,6,8,10H2,1-3H3. The van der Waals surface area contributed by atoms with Crippen molar-refractivity contribution in [2.45, 2.75) is 32.2 Å². The van der Waals surface area contributed by atoms with Gasteiger partial charge in [-0.1, -0.05) is 12.1 Å². The summed E-state index contributed by atoms with van der Waals surface area (Å²) in [5.41, 5.74) is 1.27. The zero-order valence-corrected chi connectivity index (χ0v) is 17.4. The molecule has 0 N–H and O–H groups in total. The van der Waals surface area contributed by atoms with Crippen LogP contribution in [0.25, 0.3) is 0 Å². The zero-order chi connectivity index (χ0) is 20.8. The number of carbonyl (C=O) groups is 2. The summed E-state index contributed by atoms with van der Waals surface area (Å²) in [4.78, 5) is 40.2. The smallest absolute Gasteiger partial charge is 0.187 e. The number of ether oxygens (including phenoxy) is 1. The van der Waals surface area contributed by atoms with Gasteiger partial charge in [-0.25, -0.2) is 9.98 Å². The lowest BCUT2D eigenvalue weighted by Crippen LogP contribution is -2.49. The lowest BCUT2D eigenvalue weighted by molar-refractivity contribution is -0.131. The Morgan fingerprint density at radius 2 is 1.93 bits per heavy atom. The van der Waals surface area contributed by atoms with Gasteiger partial charge < -0.3 is 4.74 Å². The molecule has 2 unspecified atom stereocenters. The number of benzene rings is 1. The van der Waals surface area contributed by atoms with Crippen LogP contribution in [0.5, 0.6) is 5.75 Å². The Bertz CT molecular complexity index is 1020. The maximum absolute atomic E-state index is 13.3. The normalized spacial score (nSPS) is 24.8. The summed E-state index contributed by atoms with van der Waals surface area (Å²) < 4.78 is 5.42. The molecule has 1 aliphatic carbocycles. The average Bonchev–Trinajstić information content (AvgIpc) is 3.16. The Labute approximate surface area is 174 Å². The molecule has 0 radical (unpaired) electrons. The molecule has 150 valence electrons. The van der Waals surface area contributed by atoms with E-state index in [0.29, 0.717) is 52.9 Å². The lowest BCUT2D eigenvalue weighted by atomic mass is 9.67. The van der Waals surface area contributed by atoms with E-state index in [2.05, 4.69) is 15.0 Å². The molecule has 4 rings (SSSR count). The maximum atomic E-state index is 13.3. The molecule has 0 aromatic heterocycles. The van der Waals surface area contributed by atoms with E-state index in [0.717, 1.165) is 0 Å². The van der Waals surface area contributed by atoms with Crippen LogP contribution >= 0.6 is 11.6 Å². The maximum Gasteiger partial charge on any atom is 0.187 e. The van der Waals surface area contributed by atoms with Crippen LogP contribution < -0.4 is 4.74 Å². The van der Waals surface area contributed by atoms with Crippen molar-refractivity contribution in [2.75, 3.05) is 13.0 Å². The first kappa shape index (κ1) is 19.7. The number of para-hydroxylation sites is 1. The number of allylic oxidation sites excluding steroid dienone is 2. The zero-order valence-electron chi connectivity index (χ0n) is 16.6. The van der Waals surface area contributed by atoms with Crippen LogP contribution in [0.3, 0.4) is 0 Å². The van der Waals surface area contributed by atoms with Crippen molar-refractivity contribution in [1.82, 2.24) is 0 Å². The van der Waals surface area contributed by atoms with Gasteiger partial charge in [0.1, 0.15) is 22.7 Å². The molecule has 1 aromatic carbocycles. The van der Waals surface area contributed by atoms with Crippen molar-refractivity contribution in [3.05, 3.63) is 41.1 Å². The minimum absolute atomic E-state index is 0.0598. The first-order valence-corrected chi connectivity index (χ1v) is 10.2. The van der Waals surface area contributed by atoms with Crippen molar-refractivity contribution in [1.29, 1.82) is 0 Å². The summed E-state index contributed by atoms with van der Waals surface area (Å²) >= 11 is 5.88. The Kier molecular flexibility index (Phi) is 4.99. The second-order valence-electron chi connectivity index (χ2n) is 7.86. The van der Waals surface area contributed by atoms with Gasteiger partial charge in [0.15, 0.2) is 17.4 Å². The van der Waals surface area contributed by atoms with Crippen molar-refractivity contribution in [3.63, 3.8) is 0 Å². The third-order valence-electron chi connectivity index (χ3n) is 5.65. The molecule has 29 heavy (non-hydrogen) atoms. The second kappa shape index (κ2) is 7.34. The molecular weight excluding hydrogens is 390 g/mol. The highest BCUT2D eigenvalue weighted by Gasteiger charge is 2.50. The number of ketones is 2. The molecule has 0 amide bonds. The van der Waals surface area contributed by atoms with Gasteiger partial charge in [-0.05, 0) is 38.8 Å². The number of methoxy groups -OCH3 is 1. The van der Waals surface area contributed by atoms with Crippen LogP contribution in [-0.2, 0) is 9.59 Å². The number of hydrogen-bond donors (Lipinski definition) is 0. The molecule has 0 spiro atoms. The number of Topliss-reactive ketones (excluding diaryl/α,β-unsaturated/α-hetero) is 2. The summed E-state index contributed by atoms with van der Waals surface area (Å²) in [7, 11) is 1.58. The van der Waals surface area contributed by atoms with E-state index in [1.54, 1.807) is 27.2 Å². The predicted molar refractivity (Wildman–Crippen MR) is 114 cm³/mol. The van der Waals surface area contributed by atoms with Crippen LogP contribution in [0.2, 0.25) is 0 Å². The average molecular weight is 412 g/mol. The largest absolute Gasteiger partial charge is 0.496 e. The monoisotopic (exact) mass is 411 g/mol. The van der Waals surface area contributed by atoms with E-state index in [1.807, 2.05) is 24.3 Å². The molecule has 6 nitrogen and oxygen atoms in total. The van der Waals surface area contributed by atoms with E-state index in [9.17, 15) is 9.59 Å². The highest BCUT2D eigenvalue weighted by atomic mass is 35.5. The number of halogens is 1. The van der Waals surface area contributed by atoms with Crippen LogP contribution in [0.1, 0.15) is 32.3 Å². The predicted octanol–water partition coefficient (Wildman–Crippen LogP) is 3.42. The molecule has 3 aliphatic rings. The molecule has 2 heterocycles. The van der Waals surface area contributed by atoms with E-state index >= 15 is 0 Å². The molecule has 2 atom stereocenters. The fraction of sp³-hybridized carbons (Fsp3) is 0.409. The van der Waals surface area contributed by atoms with Crippen LogP contribution in [-0.4, -0.2) is 47.9 Å². The van der Waals surface area contributed by atoms with Gasteiger partial charge in [0.05, 0.1) is 18.6 Å². The Morgan fingerprint density at radius 3 is 2.66 bits per heavy atom. The molecule has 0 saturated heterocycles. The van der Waals surface area contributed by atoms with E-state index in [1.165, 1.54) is 0 Å². The van der Waals surface area contributed by atoms with Crippen molar-refractivity contribution < 1.29 is 14.3 Å². The van der Waals surface area contributed by atoms with Crippen molar-refractivity contribution in [3.8, 4) is 5.75 Å². The van der Waals surface area contributed by atoms with Gasteiger partial charge >= 0.3 is 0 Å². The van der Waals surface area contributed by atoms with Crippen LogP contribution in [0, 0.1) is 11.8 Å². The summed E-state index contributed by atoms with van der Waals surface area (Å²) in [5, 5.41) is 0. The molecule has 0 saturated carbocycles. The SMILES string of the molecule is COc1ccccc1C1=NC2=C3C=NC(C)(C)C(=O)C3C(CCCCl)C(=O)C2=N1. The number of alkyl halides is 1. The second-order valence-corrected chi connectivity index (χ2v) is 8.24. The van der Waals surface area contributed by atoms with Gasteiger partial charge in [0, 0.05) is 23.6 Å². The fourth-order valence-corrected chi connectivity index (χ4v) is 4.25. The number of carbonyl (C=O) groups excluding carboxylic acids is 2. The van der Waals surface area contributed by atoms with Crippen molar-refractivity contribution >= 4 is 40.9 Å². The van der Waals surface area contributed by atoms with E-state index in [-0.39, 0.29) is 11.6 Å². The number of aliphatic imine (C=N–C) groups is 3. The molecular formula is C22H22ClN3O3. The summed E-state index contributed by atoms with van der Waals surface area (Å²) in [6.07, 6.45) is 2.88. The van der Waals surface area contributed by atoms with Crippen LogP contribution in [0.4, 0.5) is 0 Å².